The van der Waals surface area contributed by atoms with Gasteiger partial charge in [0.05, 0.1) is 6.54 Å². The van der Waals surface area contributed by atoms with Gasteiger partial charge in [0.1, 0.15) is 11.6 Å². The first-order valence-corrected chi connectivity index (χ1v) is 7.40. The molecule has 2 aromatic heterocycles. The SMILES string of the molecule is CC(NCc1nnc2n1CCCC2)c1cccs1. The third-order valence-electron chi connectivity index (χ3n) is 3.47. The molecule has 18 heavy (non-hydrogen) atoms. The van der Waals surface area contributed by atoms with Crippen LogP contribution in [0.1, 0.15) is 42.3 Å². The largest absolute Gasteiger partial charge is 0.314 e. The second kappa shape index (κ2) is 5.20. The van der Waals surface area contributed by atoms with E-state index in [4.69, 9.17) is 0 Å². The van der Waals surface area contributed by atoms with Gasteiger partial charge < -0.3 is 9.88 Å². The average molecular weight is 262 g/mol. The van der Waals surface area contributed by atoms with E-state index in [0.717, 1.165) is 31.2 Å². The van der Waals surface area contributed by atoms with Gasteiger partial charge in [0, 0.05) is 23.9 Å². The maximum atomic E-state index is 4.30. The third-order valence-corrected chi connectivity index (χ3v) is 4.53. The number of aryl methyl sites for hydroxylation is 1. The van der Waals surface area contributed by atoms with Crippen LogP contribution in [0, 0.1) is 0 Å². The quantitative estimate of drug-likeness (QED) is 0.920. The summed E-state index contributed by atoms with van der Waals surface area (Å²) >= 11 is 1.79. The van der Waals surface area contributed by atoms with Gasteiger partial charge >= 0.3 is 0 Å². The Morgan fingerprint density at radius 2 is 2.39 bits per heavy atom. The first kappa shape index (κ1) is 11.9. The predicted octanol–water partition coefficient (Wildman–Crippen LogP) is 2.53. The van der Waals surface area contributed by atoms with Crippen LogP contribution in [0.4, 0.5) is 0 Å². The predicted molar refractivity (Wildman–Crippen MR) is 72.5 cm³/mol. The summed E-state index contributed by atoms with van der Waals surface area (Å²) < 4.78 is 2.28. The molecule has 0 amide bonds. The van der Waals surface area contributed by atoms with Gasteiger partial charge in [0.25, 0.3) is 0 Å². The number of hydrogen-bond acceptors (Lipinski definition) is 4. The monoisotopic (exact) mass is 262 g/mol. The molecule has 0 saturated heterocycles. The molecule has 0 fully saturated rings. The number of nitrogens with zero attached hydrogens (tertiary/aromatic N) is 3. The van der Waals surface area contributed by atoms with Crippen LogP contribution in [0.15, 0.2) is 17.5 Å². The van der Waals surface area contributed by atoms with E-state index in [9.17, 15) is 0 Å². The Morgan fingerprint density at radius 1 is 1.44 bits per heavy atom. The van der Waals surface area contributed by atoms with Crippen molar-refractivity contribution in [3.8, 4) is 0 Å². The molecule has 0 bridgehead atoms. The summed E-state index contributed by atoms with van der Waals surface area (Å²) in [5.41, 5.74) is 0. The van der Waals surface area contributed by atoms with Gasteiger partial charge in [-0.2, -0.15) is 0 Å². The van der Waals surface area contributed by atoms with E-state index in [0.29, 0.717) is 6.04 Å². The first-order chi connectivity index (χ1) is 8.84. The second-order valence-electron chi connectivity index (χ2n) is 4.76. The first-order valence-electron chi connectivity index (χ1n) is 6.52. The van der Waals surface area contributed by atoms with Crippen LogP contribution in [0.5, 0.6) is 0 Å². The molecule has 0 aliphatic carbocycles. The number of aromatic nitrogens is 3. The van der Waals surface area contributed by atoms with Crippen molar-refractivity contribution in [3.63, 3.8) is 0 Å². The van der Waals surface area contributed by atoms with Crippen LogP contribution in [0.25, 0.3) is 0 Å². The van der Waals surface area contributed by atoms with E-state index in [1.807, 2.05) is 0 Å². The molecule has 3 heterocycles. The highest BCUT2D eigenvalue weighted by atomic mass is 32.1. The number of nitrogens with one attached hydrogen (secondary N) is 1. The summed E-state index contributed by atoms with van der Waals surface area (Å²) in [6.45, 7) is 4.07. The number of thiophene rings is 1. The number of hydrogen-bond donors (Lipinski definition) is 1. The normalized spacial score (nSPS) is 16.5. The van der Waals surface area contributed by atoms with Crippen molar-refractivity contribution in [2.75, 3.05) is 0 Å². The van der Waals surface area contributed by atoms with Crippen LogP contribution >= 0.6 is 11.3 Å². The topological polar surface area (TPSA) is 42.7 Å². The van der Waals surface area contributed by atoms with Gasteiger partial charge in [-0.25, -0.2) is 0 Å². The van der Waals surface area contributed by atoms with Crippen molar-refractivity contribution in [3.05, 3.63) is 34.0 Å². The van der Waals surface area contributed by atoms with Crippen LogP contribution in [-0.2, 0) is 19.5 Å². The fourth-order valence-corrected chi connectivity index (χ4v) is 3.14. The molecular weight excluding hydrogens is 244 g/mol. The number of fused-ring (bicyclic) bond motifs is 1. The maximum Gasteiger partial charge on any atom is 0.147 e. The maximum absolute atomic E-state index is 4.30. The van der Waals surface area contributed by atoms with E-state index in [2.05, 4.69) is 44.5 Å². The van der Waals surface area contributed by atoms with E-state index >= 15 is 0 Å². The van der Waals surface area contributed by atoms with Gasteiger partial charge in [0.2, 0.25) is 0 Å². The Balaban J connectivity index is 1.65. The lowest BCUT2D eigenvalue weighted by Gasteiger charge is -2.16. The minimum atomic E-state index is 0.376. The zero-order chi connectivity index (χ0) is 12.4. The molecule has 5 heteroatoms. The van der Waals surface area contributed by atoms with Crippen LogP contribution in [-0.4, -0.2) is 14.8 Å². The molecular formula is C13H18N4S. The molecule has 2 aromatic rings. The Kier molecular flexibility index (Phi) is 3.43. The summed E-state index contributed by atoms with van der Waals surface area (Å²) in [5, 5.41) is 14.2. The Morgan fingerprint density at radius 3 is 3.22 bits per heavy atom. The lowest BCUT2D eigenvalue weighted by molar-refractivity contribution is 0.485. The smallest absolute Gasteiger partial charge is 0.147 e. The molecule has 4 nitrogen and oxygen atoms in total. The zero-order valence-electron chi connectivity index (χ0n) is 10.6. The molecule has 0 saturated carbocycles. The van der Waals surface area contributed by atoms with E-state index in [-0.39, 0.29) is 0 Å². The minimum Gasteiger partial charge on any atom is -0.314 e. The molecule has 1 N–H and O–H groups in total. The van der Waals surface area contributed by atoms with Gasteiger partial charge in [-0.15, -0.1) is 21.5 Å². The van der Waals surface area contributed by atoms with Crippen molar-refractivity contribution in [1.29, 1.82) is 0 Å². The molecule has 1 atom stereocenters. The molecule has 3 rings (SSSR count). The fourth-order valence-electron chi connectivity index (χ4n) is 2.38. The number of rotatable bonds is 4. The lowest BCUT2D eigenvalue weighted by Crippen LogP contribution is -2.21. The molecule has 96 valence electrons. The standard InChI is InChI=1S/C13H18N4S/c1-10(11-5-4-8-18-11)14-9-13-16-15-12-6-2-3-7-17(12)13/h4-5,8,10,14H,2-3,6-7,9H2,1H3. The Hall–Kier alpha value is -1.20. The molecule has 1 unspecified atom stereocenters. The van der Waals surface area contributed by atoms with Gasteiger partial charge in [-0.05, 0) is 31.2 Å². The van der Waals surface area contributed by atoms with E-state index in [1.54, 1.807) is 11.3 Å². The van der Waals surface area contributed by atoms with Crippen molar-refractivity contribution >= 4 is 11.3 Å². The zero-order valence-corrected chi connectivity index (χ0v) is 11.4. The molecule has 0 radical (unpaired) electrons. The highest BCUT2D eigenvalue weighted by Gasteiger charge is 2.16. The average Bonchev–Trinajstić information content (AvgIpc) is 3.06. The van der Waals surface area contributed by atoms with Crippen molar-refractivity contribution in [2.24, 2.45) is 0 Å². The van der Waals surface area contributed by atoms with Gasteiger partial charge in [-0.3, -0.25) is 0 Å². The van der Waals surface area contributed by atoms with Crippen molar-refractivity contribution in [2.45, 2.75) is 45.3 Å². The summed E-state index contributed by atoms with van der Waals surface area (Å²) in [4.78, 5) is 1.37. The van der Waals surface area contributed by atoms with Crippen LogP contribution in [0.2, 0.25) is 0 Å². The van der Waals surface area contributed by atoms with Gasteiger partial charge in [-0.1, -0.05) is 6.07 Å². The molecule has 1 aliphatic heterocycles. The molecule has 0 aromatic carbocycles. The summed E-state index contributed by atoms with van der Waals surface area (Å²) in [6.07, 6.45) is 3.57. The van der Waals surface area contributed by atoms with E-state index < -0.39 is 0 Å². The highest BCUT2D eigenvalue weighted by molar-refractivity contribution is 7.10. The fraction of sp³-hybridized carbons (Fsp3) is 0.538. The Bertz CT molecular complexity index is 503. The van der Waals surface area contributed by atoms with Crippen LogP contribution in [0.3, 0.4) is 0 Å². The third kappa shape index (κ3) is 2.33. The van der Waals surface area contributed by atoms with Crippen LogP contribution < -0.4 is 5.32 Å². The molecule has 1 aliphatic rings. The second-order valence-corrected chi connectivity index (χ2v) is 5.74. The van der Waals surface area contributed by atoms with Crippen molar-refractivity contribution in [1.82, 2.24) is 20.1 Å². The lowest BCUT2D eigenvalue weighted by atomic mass is 10.1. The van der Waals surface area contributed by atoms with E-state index in [1.165, 1.54) is 17.7 Å². The summed E-state index contributed by atoms with van der Waals surface area (Å²) in [6, 6.07) is 4.64. The summed E-state index contributed by atoms with van der Waals surface area (Å²) in [7, 11) is 0. The van der Waals surface area contributed by atoms with Crippen molar-refractivity contribution < 1.29 is 0 Å². The summed E-state index contributed by atoms with van der Waals surface area (Å²) in [5.74, 6) is 2.23. The Labute approximate surface area is 111 Å². The highest BCUT2D eigenvalue weighted by Crippen LogP contribution is 2.19. The van der Waals surface area contributed by atoms with Gasteiger partial charge in [0.15, 0.2) is 0 Å². The molecule has 0 spiro atoms. The minimum absolute atomic E-state index is 0.376.